The van der Waals surface area contributed by atoms with Crippen molar-refractivity contribution in [2.24, 2.45) is 0 Å². The lowest BCUT2D eigenvalue weighted by Crippen LogP contribution is -2.29. The fraction of sp³-hybridized carbons (Fsp3) is 0.154. The van der Waals surface area contributed by atoms with Crippen LogP contribution in [0.5, 0.6) is 0 Å². The standard InChI is InChI=1S/C26H21Cl2FN4S/c1-15-13-20(16(2)32(15)23-11-6-17(27)14-21(23)28)25-24(22-5-3-4-12-30-22)31-26(34)33(25)19-9-7-18(29)8-10-19/h3-14,24-25H,1-2H3,(H,31,34)/t24-,25-/m0/s1. The first kappa shape index (κ1) is 22.8. The minimum atomic E-state index is -0.296. The Kier molecular flexibility index (Phi) is 6.06. The zero-order valence-electron chi connectivity index (χ0n) is 18.5. The first-order valence-electron chi connectivity index (χ1n) is 10.8. The van der Waals surface area contributed by atoms with Crippen molar-refractivity contribution in [3.05, 3.63) is 111 Å². The van der Waals surface area contributed by atoms with Crippen LogP contribution < -0.4 is 10.2 Å². The third-order valence-corrected chi connectivity index (χ3v) is 6.99. The molecule has 4 aromatic rings. The molecule has 172 valence electrons. The Morgan fingerprint density at radius 1 is 1.00 bits per heavy atom. The highest BCUT2D eigenvalue weighted by Gasteiger charge is 2.42. The molecule has 0 bridgehead atoms. The van der Waals surface area contributed by atoms with E-state index in [2.05, 4.69) is 27.9 Å². The molecule has 5 rings (SSSR count). The minimum absolute atomic E-state index is 0.201. The fourth-order valence-electron chi connectivity index (χ4n) is 4.67. The maximum absolute atomic E-state index is 13.7. The van der Waals surface area contributed by atoms with Gasteiger partial charge >= 0.3 is 0 Å². The van der Waals surface area contributed by atoms with Gasteiger partial charge in [0.1, 0.15) is 5.82 Å². The highest BCUT2D eigenvalue weighted by atomic mass is 35.5. The number of aryl methyl sites for hydroxylation is 1. The summed E-state index contributed by atoms with van der Waals surface area (Å²) >= 11 is 18.5. The van der Waals surface area contributed by atoms with E-state index in [-0.39, 0.29) is 17.9 Å². The maximum atomic E-state index is 13.7. The van der Waals surface area contributed by atoms with Crippen molar-refractivity contribution >= 4 is 46.2 Å². The normalized spacial score (nSPS) is 17.8. The summed E-state index contributed by atoms with van der Waals surface area (Å²) in [6, 6.07) is 19.4. The summed E-state index contributed by atoms with van der Waals surface area (Å²) in [5, 5.41) is 5.15. The van der Waals surface area contributed by atoms with Gasteiger partial charge in [-0.3, -0.25) is 4.98 Å². The van der Waals surface area contributed by atoms with Gasteiger partial charge in [-0.25, -0.2) is 4.39 Å². The molecule has 0 amide bonds. The van der Waals surface area contributed by atoms with Gasteiger partial charge in [0.25, 0.3) is 0 Å². The van der Waals surface area contributed by atoms with Crippen LogP contribution in [-0.2, 0) is 0 Å². The molecule has 1 saturated heterocycles. The molecule has 2 atom stereocenters. The van der Waals surface area contributed by atoms with Crippen LogP contribution in [0.1, 0.15) is 34.7 Å². The van der Waals surface area contributed by atoms with E-state index in [0.29, 0.717) is 15.2 Å². The van der Waals surface area contributed by atoms with Gasteiger partial charge in [-0.15, -0.1) is 0 Å². The third-order valence-electron chi connectivity index (χ3n) is 6.14. The SMILES string of the molecule is Cc1cc([C@H]2[C@H](c3ccccn3)NC(=S)N2c2ccc(F)cc2)c(C)n1-c1ccc(Cl)cc1Cl. The molecule has 1 N–H and O–H groups in total. The minimum Gasteiger partial charge on any atom is -0.351 e. The Bertz CT molecular complexity index is 1370. The Morgan fingerprint density at radius 3 is 2.44 bits per heavy atom. The number of thiocarbonyl (C=S) groups is 1. The molecule has 2 aromatic carbocycles. The number of aromatic nitrogens is 2. The van der Waals surface area contributed by atoms with Crippen molar-refractivity contribution in [1.29, 1.82) is 0 Å². The Labute approximate surface area is 213 Å². The summed E-state index contributed by atoms with van der Waals surface area (Å²) in [5.41, 5.74) is 5.63. The van der Waals surface area contributed by atoms with Gasteiger partial charge < -0.3 is 14.8 Å². The Balaban J connectivity index is 1.69. The van der Waals surface area contributed by atoms with Crippen LogP contribution in [0.2, 0.25) is 10.0 Å². The quantitative estimate of drug-likeness (QED) is 0.296. The molecular weight excluding hydrogens is 490 g/mol. The van der Waals surface area contributed by atoms with Gasteiger partial charge in [-0.05, 0) is 92.3 Å². The van der Waals surface area contributed by atoms with Crippen molar-refractivity contribution in [3.8, 4) is 5.69 Å². The van der Waals surface area contributed by atoms with Crippen LogP contribution in [0.15, 0.2) is 72.9 Å². The zero-order valence-corrected chi connectivity index (χ0v) is 20.8. The molecule has 0 aliphatic carbocycles. The Hall–Kier alpha value is -2.93. The van der Waals surface area contributed by atoms with E-state index < -0.39 is 0 Å². The van der Waals surface area contributed by atoms with Gasteiger partial charge in [0.2, 0.25) is 0 Å². The molecular formula is C26H21Cl2FN4S. The lowest BCUT2D eigenvalue weighted by molar-refractivity contribution is 0.565. The lowest BCUT2D eigenvalue weighted by Gasteiger charge is -2.28. The number of nitrogens with zero attached hydrogens (tertiary/aromatic N) is 3. The van der Waals surface area contributed by atoms with Crippen molar-refractivity contribution in [1.82, 2.24) is 14.9 Å². The first-order chi connectivity index (χ1) is 16.3. The number of hydrogen-bond donors (Lipinski definition) is 1. The van der Waals surface area contributed by atoms with E-state index in [4.69, 9.17) is 35.4 Å². The topological polar surface area (TPSA) is 33.1 Å². The number of hydrogen-bond acceptors (Lipinski definition) is 2. The van der Waals surface area contributed by atoms with E-state index in [1.165, 1.54) is 12.1 Å². The Morgan fingerprint density at radius 2 is 1.76 bits per heavy atom. The predicted molar refractivity (Wildman–Crippen MR) is 140 cm³/mol. The van der Waals surface area contributed by atoms with Crippen molar-refractivity contribution < 1.29 is 4.39 Å². The van der Waals surface area contributed by atoms with Crippen LogP contribution in [0.4, 0.5) is 10.1 Å². The molecule has 4 nitrogen and oxygen atoms in total. The van der Waals surface area contributed by atoms with E-state index in [1.54, 1.807) is 24.4 Å². The molecule has 0 spiro atoms. The molecule has 0 radical (unpaired) electrons. The molecule has 1 aliphatic heterocycles. The first-order valence-corrected chi connectivity index (χ1v) is 11.9. The molecule has 1 aliphatic rings. The van der Waals surface area contributed by atoms with Crippen LogP contribution in [0.3, 0.4) is 0 Å². The van der Waals surface area contributed by atoms with E-state index >= 15 is 0 Å². The second-order valence-corrected chi connectivity index (χ2v) is 9.46. The van der Waals surface area contributed by atoms with Crippen LogP contribution >= 0.6 is 35.4 Å². The average Bonchev–Trinajstić information content (AvgIpc) is 3.31. The van der Waals surface area contributed by atoms with Crippen molar-refractivity contribution in [2.45, 2.75) is 25.9 Å². The largest absolute Gasteiger partial charge is 0.351 e. The highest BCUT2D eigenvalue weighted by molar-refractivity contribution is 7.80. The lowest BCUT2D eigenvalue weighted by atomic mass is 9.96. The van der Waals surface area contributed by atoms with E-state index in [9.17, 15) is 4.39 Å². The second kappa shape index (κ2) is 9.02. The molecule has 1 fully saturated rings. The summed E-state index contributed by atoms with van der Waals surface area (Å²) in [6.45, 7) is 4.10. The number of rotatable bonds is 4. The summed E-state index contributed by atoms with van der Waals surface area (Å²) in [6.07, 6.45) is 1.77. The number of pyridine rings is 1. The molecule has 8 heteroatoms. The van der Waals surface area contributed by atoms with E-state index in [0.717, 1.165) is 34.0 Å². The smallest absolute Gasteiger partial charge is 0.174 e. The van der Waals surface area contributed by atoms with Crippen molar-refractivity contribution in [2.75, 3.05) is 4.90 Å². The predicted octanol–water partition coefficient (Wildman–Crippen LogP) is 7.11. The second-order valence-electron chi connectivity index (χ2n) is 8.23. The molecule has 2 aromatic heterocycles. The fourth-order valence-corrected chi connectivity index (χ4v) is 5.51. The third kappa shape index (κ3) is 3.96. The average molecular weight is 511 g/mol. The van der Waals surface area contributed by atoms with E-state index in [1.807, 2.05) is 42.2 Å². The van der Waals surface area contributed by atoms with Gasteiger partial charge in [0.05, 0.1) is 28.5 Å². The van der Waals surface area contributed by atoms with Crippen LogP contribution in [-0.4, -0.2) is 14.7 Å². The zero-order chi connectivity index (χ0) is 24.0. The molecule has 34 heavy (non-hydrogen) atoms. The maximum Gasteiger partial charge on any atom is 0.174 e. The number of anilines is 1. The summed E-state index contributed by atoms with van der Waals surface area (Å²) in [5.74, 6) is -0.296. The van der Waals surface area contributed by atoms with Gasteiger partial charge in [0.15, 0.2) is 5.11 Å². The highest BCUT2D eigenvalue weighted by Crippen LogP contribution is 2.44. The van der Waals surface area contributed by atoms with Gasteiger partial charge in [0, 0.05) is 28.3 Å². The number of halogens is 3. The number of benzene rings is 2. The monoisotopic (exact) mass is 510 g/mol. The van der Waals surface area contributed by atoms with Crippen LogP contribution in [0.25, 0.3) is 5.69 Å². The molecule has 0 saturated carbocycles. The van der Waals surface area contributed by atoms with Crippen molar-refractivity contribution in [3.63, 3.8) is 0 Å². The summed E-state index contributed by atoms with van der Waals surface area (Å²) in [7, 11) is 0. The molecule has 3 heterocycles. The van der Waals surface area contributed by atoms with Crippen LogP contribution in [0, 0.1) is 19.7 Å². The van der Waals surface area contributed by atoms with Gasteiger partial charge in [-0.1, -0.05) is 29.3 Å². The number of nitrogens with one attached hydrogen (secondary N) is 1. The molecule has 0 unspecified atom stereocenters. The summed E-state index contributed by atoms with van der Waals surface area (Å²) in [4.78, 5) is 6.63. The van der Waals surface area contributed by atoms with Gasteiger partial charge in [-0.2, -0.15) is 0 Å². The summed E-state index contributed by atoms with van der Waals surface area (Å²) < 4.78 is 15.8.